The normalized spacial score (nSPS) is 10.5. The molecule has 0 heterocycles. The van der Waals surface area contributed by atoms with E-state index in [2.05, 4.69) is 36.6 Å². The van der Waals surface area contributed by atoms with Crippen molar-refractivity contribution in [2.75, 3.05) is 0 Å². The molecule has 0 fully saturated rings. The number of ether oxygens (including phenoxy) is 1. The predicted octanol–water partition coefficient (Wildman–Crippen LogP) is 3.72. The van der Waals surface area contributed by atoms with E-state index >= 15 is 0 Å². The summed E-state index contributed by atoms with van der Waals surface area (Å²) >= 11 is 5.90. The largest absolute Gasteiger partial charge is 0.427 e. The van der Waals surface area contributed by atoms with Crippen molar-refractivity contribution in [2.24, 2.45) is 0 Å². The van der Waals surface area contributed by atoms with Gasteiger partial charge in [-0.05, 0) is 22.0 Å². The molecular weight excluding hydrogens is 344 g/mol. The van der Waals surface area contributed by atoms with Crippen molar-refractivity contribution in [3.05, 3.63) is 31.2 Å². The van der Waals surface area contributed by atoms with Crippen LogP contribution in [0.4, 0.5) is 14.5 Å². The second-order valence-electron chi connectivity index (χ2n) is 2.37. The van der Waals surface area contributed by atoms with E-state index in [9.17, 15) is 18.9 Å². The zero-order valence-corrected chi connectivity index (χ0v) is 10.1. The Morgan fingerprint density at radius 2 is 2.00 bits per heavy atom. The Hall–Kier alpha value is -0.760. The van der Waals surface area contributed by atoms with Crippen LogP contribution in [0.5, 0.6) is 5.75 Å². The van der Waals surface area contributed by atoms with Crippen molar-refractivity contribution < 1.29 is 18.4 Å². The highest BCUT2D eigenvalue weighted by atomic mass is 79.9. The van der Waals surface area contributed by atoms with Crippen molar-refractivity contribution in [1.29, 1.82) is 0 Å². The van der Waals surface area contributed by atoms with Crippen LogP contribution in [0.3, 0.4) is 0 Å². The van der Waals surface area contributed by atoms with Crippen LogP contribution in [0.25, 0.3) is 0 Å². The summed E-state index contributed by atoms with van der Waals surface area (Å²) in [6.07, 6.45) is 0. The quantitative estimate of drug-likeness (QED) is 0.619. The lowest BCUT2D eigenvalue weighted by atomic mass is 10.3. The van der Waals surface area contributed by atoms with Gasteiger partial charge in [0.05, 0.1) is 4.92 Å². The van der Waals surface area contributed by atoms with Crippen LogP contribution in [0.1, 0.15) is 0 Å². The fourth-order valence-electron chi connectivity index (χ4n) is 0.905. The van der Waals surface area contributed by atoms with Gasteiger partial charge >= 0.3 is 12.3 Å². The molecule has 8 heteroatoms. The second kappa shape index (κ2) is 4.84. The molecule has 0 spiro atoms. The number of nitro benzene ring substituents is 1. The van der Waals surface area contributed by atoms with Gasteiger partial charge in [-0.1, -0.05) is 15.9 Å². The van der Waals surface area contributed by atoms with Crippen molar-refractivity contribution >= 4 is 37.5 Å². The minimum Gasteiger partial charge on any atom is -0.427 e. The fourth-order valence-corrected chi connectivity index (χ4v) is 2.24. The summed E-state index contributed by atoms with van der Waals surface area (Å²) in [5.74, 6) is -0.490. The van der Waals surface area contributed by atoms with Crippen LogP contribution in [0.2, 0.25) is 0 Å². The minimum atomic E-state index is -3.11. The summed E-state index contributed by atoms with van der Waals surface area (Å²) in [4.78, 5) is 9.77. The molecule has 4 nitrogen and oxygen atoms in total. The third kappa shape index (κ3) is 3.10. The number of benzene rings is 1. The number of halogens is 4. The van der Waals surface area contributed by atoms with Crippen LogP contribution in [0.15, 0.2) is 21.1 Å². The number of rotatable bonds is 3. The molecule has 0 aliphatic rings. The van der Waals surface area contributed by atoms with E-state index in [4.69, 9.17) is 0 Å². The predicted molar refractivity (Wildman–Crippen MR) is 55.1 cm³/mol. The van der Waals surface area contributed by atoms with Gasteiger partial charge in [-0.25, -0.2) is 0 Å². The number of nitrogens with zero attached hydrogens (tertiary/aromatic N) is 1. The third-order valence-electron chi connectivity index (χ3n) is 1.39. The Morgan fingerprint density at radius 1 is 1.40 bits per heavy atom. The number of hydrogen-bond donors (Lipinski definition) is 0. The minimum absolute atomic E-state index is 0.0672. The summed E-state index contributed by atoms with van der Waals surface area (Å²) in [6.45, 7) is -3.11. The molecule has 0 aliphatic heterocycles. The van der Waals surface area contributed by atoms with Gasteiger partial charge in [0, 0.05) is 10.5 Å². The third-order valence-corrected chi connectivity index (χ3v) is 2.45. The molecule has 0 saturated heterocycles. The molecule has 0 radical (unpaired) electrons. The number of nitro groups is 1. The van der Waals surface area contributed by atoms with Crippen molar-refractivity contribution in [3.8, 4) is 5.75 Å². The molecule has 0 unspecified atom stereocenters. The monoisotopic (exact) mass is 345 g/mol. The number of hydrogen-bond acceptors (Lipinski definition) is 3. The van der Waals surface area contributed by atoms with Crippen LogP contribution >= 0.6 is 31.9 Å². The lowest BCUT2D eigenvalue weighted by Gasteiger charge is -2.06. The van der Waals surface area contributed by atoms with Gasteiger partial charge in [0.2, 0.25) is 5.75 Å². The van der Waals surface area contributed by atoms with Gasteiger partial charge < -0.3 is 4.74 Å². The molecule has 0 bridgehead atoms. The molecule has 1 aromatic rings. The summed E-state index contributed by atoms with van der Waals surface area (Å²) in [6, 6.07) is 2.48. The molecule has 0 atom stereocenters. The Bertz CT molecular complexity index is 400. The van der Waals surface area contributed by atoms with E-state index in [0.717, 1.165) is 6.07 Å². The Balaban J connectivity index is 3.27. The molecule has 1 aromatic carbocycles. The lowest BCUT2D eigenvalue weighted by Crippen LogP contribution is -2.05. The fraction of sp³-hybridized carbons (Fsp3) is 0.143. The summed E-state index contributed by atoms with van der Waals surface area (Å²) in [5, 5.41) is 10.6. The van der Waals surface area contributed by atoms with Gasteiger partial charge in [0.1, 0.15) is 4.47 Å². The SMILES string of the molecule is O=[N+]([O-])c1c(Br)cc(Br)cc1OC(F)F. The van der Waals surface area contributed by atoms with Gasteiger partial charge in [-0.3, -0.25) is 10.1 Å². The molecule has 0 aliphatic carbocycles. The Kier molecular flexibility index (Phi) is 3.97. The van der Waals surface area contributed by atoms with Crippen molar-refractivity contribution in [3.63, 3.8) is 0 Å². The van der Waals surface area contributed by atoms with Crippen LogP contribution in [0, 0.1) is 10.1 Å². The van der Waals surface area contributed by atoms with E-state index in [1.165, 1.54) is 6.07 Å². The Morgan fingerprint density at radius 3 is 2.47 bits per heavy atom. The first-order valence-electron chi connectivity index (χ1n) is 3.50. The first kappa shape index (κ1) is 12.3. The molecule has 0 aromatic heterocycles. The van der Waals surface area contributed by atoms with E-state index in [1.54, 1.807) is 0 Å². The molecular formula is C7H3Br2F2NO3. The van der Waals surface area contributed by atoms with Gasteiger partial charge in [-0.2, -0.15) is 8.78 Å². The first-order chi connectivity index (χ1) is 6.91. The molecule has 0 amide bonds. The molecule has 15 heavy (non-hydrogen) atoms. The van der Waals surface area contributed by atoms with Crippen molar-refractivity contribution in [2.45, 2.75) is 6.61 Å². The molecule has 1 rings (SSSR count). The average Bonchev–Trinajstić information content (AvgIpc) is 1.99. The number of alkyl halides is 2. The van der Waals surface area contributed by atoms with Gasteiger partial charge in [-0.15, -0.1) is 0 Å². The highest BCUT2D eigenvalue weighted by Gasteiger charge is 2.23. The lowest BCUT2D eigenvalue weighted by molar-refractivity contribution is -0.387. The van der Waals surface area contributed by atoms with E-state index in [0.29, 0.717) is 4.47 Å². The van der Waals surface area contributed by atoms with Crippen LogP contribution in [-0.2, 0) is 0 Å². The first-order valence-corrected chi connectivity index (χ1v) is 5.08. The van der Waals surface area contributed by atoms with E-state index in [1.807, 2.05) is 0 Å². The van der Waals surface area contributed by atoms with Gasteiger partial charge in [0.15, 0.2) is 0 Å². The molecule has 0 saturated carbocycles. The maximum atomic E-state index is 12.0. The topological polar surface area (TPSA) is 52.4 Å². The maximum Gasteiger partial charge on any atom is 0.387 e. The highest BCUT2D eigenvalue weighted by molar-refractivity contribution is 9.11. The molecule has 82 valence electrons. The zero-order chi connectivity index (χ0) is 11.6. The summed E-state index contributed by atoms with van der Waals surface area (Å²) in [5.41, 5.74) is -0.529. The molecule has 0 N–H and O–H groups in total. The van der Waals surface area contributed by atoms with Crippen LogP contribution < -0.4 is 4.74 Å². The summed E-state index contributed by atoms with van der Waals surface area (Å²) in [7, 11) is 0. The van der Waals surface area contributed by atoms with E-state index < -0.39 is 23.0 Å². The van der Waals surface area contributed by atoms with Crippen LogP contribution in [-0.4, -0.2) is 11.5 Å². The van der Waals surface area contributed by atoms with Crippen molar-refractivity contribution in [1.82, 2.24) is 0 Å². The standard InChI is InChI=1S/C7H3Br2F2NO3/c8-3-1-4(9)6(12(13)14)5(2-3)15-7(10)11/h1-2,7H. The zero-order valence-electron chi connectivity index (χ0n) is 6.92. The highest BCUT2D eigenvalue weighted by Crippen LogP contribution is 2.38. The summed E-state index contributed by atoms with van der Waals surface area (Å²) < 4.78 is 28.4. The van der Waals surface area contributed by atoms with Gasteiger partial charge in [0.25, 0.3) is 0 Å². The van der Waals surface area contributed by atoms with E-state index in [-0.39, 0.29) is 4.47 Å². The Labute approximate surface area is 99.6 Å². The smallest absolute Gasteiger partial charge is 0.387 e. The second-order valence-corrected chi connectivity index (χ2v) is 4.14. The average molecular weight is 347 g/mol. The maximum absolute atomic E-state index is 12.0.